The SMILES string of the molecule is COc1ccc(C2CC(c3ccccc3)=NN2C(=O)COC(=O)c2cncc(Br)c2)cc1. The molecule has 0 bridgehead atoms. The second-order valence-electron chi connectivity index (χ2n) is 7.11. The van der Waals surface area contributed by atoms with Gasteiger partial charge in [0.2, 0.25) is 0 Å². The Morgan fingerprint density at radius 2 is 1.84 bits per heavy atom. The zero-order valence-electron chi connectivity index (χ0n) is 17.3. The molecule has 1 amide bonds. The average Bonchev–Trinajstić information content (AvgIpc) is 3.28. The fourth-order valence-corrected chi connectivity index (χ4v) is 3.80. The summed E-state index contributed by atoms with van der Waals surface area (Å²) in [4.78, 5) is 29.3. The first kappa shape index (κ1) is 21.7. The first-order chi connectivity index (χ1) is 15.5. The lowest BCUT2D eigenvalue weighted by Gasteiger charge is -2.22. The molecule has 0 aliphatic carbocycles. The normalized spacial score (nSPS) is 15.2. The van der Waals surface area contributed by atoms with Crippen LogP contribution in [0, 0.1) is 0 Å². The summed E-state index contributed by atoms with van der Waals surface area (Å²) in [5.41, 5.74) is 2.91. The standard InChI is InChI=1S/C24H20BrN3O4/c1-31-20-9-7-17(8-10-20)22-12-21(16-5-3-2-4-6-16)27-28(22)23(29)15-32-24(30)18-11-19(25)14-26-13-18/h2-11,13-14,22H,12,15H2,1H3. The van der Waals surface area contributed by atoms with Crippen molar-refractivity contribution in [1.82, 2.24) is 9.99 Å². The fraction of sp³-hybridized carbons (Fsp3) is 0.167. The maximum absolute atomic E-state index is 13.0. The largest absolute Gasteiger partial charge is 0.497 e. The first-order valence-electron chi connectivity index (χ1n) is 9.91. The highest BCUT2D eigenvalue weighted by Gasteiger charge is 2.33. The van der Waals surface area contributed by atoms with E-state index < -0.39 is 18.5 Å². The molecule has 2 aromatic carbocycles. The van der Waals surface area contributed by atoms with Crippen molar-refractivity contribution in [1.29, 1.82) is 0 Å². The number of hydrazone groups is 1. The van der Waals surface area contributed by atoms with E-state index in [1.807, 2.05) is 54.6 Å². The highest BCUT2D eigenvalue weighted by atomic mass is 79.9. The van der Waals surface area contributed by atoms with Crippen molar-refractivity contribution in [2.24, 2.45) is 5.10 Å². The van der Waals surface area contributed by atoms with Crippen molar-refractivity contribution >= 4 is 33.5 Å². The molecule has 0 fully saturated rings. The van der Waals surface area contributed by atoms with Gasteiger partial charge in [-0.05, 0) is 45.3 Å². The van der Waals surface area contributed by atoms with Gasteiger partial charge in [0, 0.05) is 23.3 Å². The van der Waals surface area contributed by atoms with Crippen molar-refractivity contribution in [3.63, 3.8) is 0 Å². The van der Waals surface area contributed by atoms with Crippen molar-refractivity contribution in [2.75, 3.05) is 13.7 Å². The lowest BCUT2D eigenvalue weighted by Crippen LogP contribution is -2.31. The van der Waals surface area contributed by atoms with Gasteiger partial charge in [-0.2, -0.15) is 5.10 Å². The molecular formula is C24H20BrN3O4. The molecule has 4 rings (SSSR count). The number of methoxy groups -OCH3 is 1. The van der Waals surface area contributed by atoms with Crippen LogP contribution in [0.3, 0.4) is 0 Å². The van der Waals surface area contributed by atoms with Crippen molar-refractivity contribution in [3.8, 4) is 5.75 Å². The molecule has 32 heavy (non-hydrogen) atoms. The molecule has 0 saturated carbocycles. The lowest BCUT2D eigenvalue weighted by molar-refractivity contribution is -0.136. The number of halogens is 1. The van der Waals surface area contributed by atoms with Gasteiger partial charge in [-0.15, -0.1) is 0 Å². The molecule has 162 valence electrons. The second-order valence-corrected chi connectivity index (χ2v) is 8.03. The summed E-state index contributed by atoms with van der Waals surface area (Å²) in [7, 11) is 1.60. The molecule has 8 heteroatoms. The van der Waals surface area contributed by atoms with E-state index >= 15 is 0 Å². The maximum Gasteiger partial charge on any atom is 0.340 e. The van der Waals surface area contributed by atoms with E-state index in [2.05, 4.69) is 26.0 Å². The summed E-state index contributed by atoms with van der Waals surface area (Å²) in [5, 5.41) is 5.98. The number of nitrogens with zero attached hydrogens (tertiary/aromatic N) is 3. The Morgan fingerprint density at radius 3 is 2.53 bits per heavy atom. The van der Waals surface area contributed by atoms with Crippen molar-refractivity contribution in [2.45, 2.75) is 12.5 Å². The summed E-state index contributed by atoms with van der Waals surface area (Å²) in [6, 6.07) is 18.5. The number of rotatable bonds is 6. The van der Waals surface area contributed by atoms with Gasteiger partial charge in [0.1, 0.15) is 5.75 Å². The van der Waals surface area contributed by atoms with Crippen molar-refractivity contribution in [3.05, 3.63) is 94.2 Å². The smallest absolute Gasteiger partial charge is 0.340 e. The van der Waals surface area contributed by atoms with E-state index in [1.54, 1.807) is 19.4 Å². The third-order valence-electron chi connectivity index (χ3n) is 5.04. The zero-order chi connectivity index (χ0) is 22.5. The Balaban J connectivity index is 1.54. The van der Waals surface area contributed by atoms with E-state index in [-0.39, 0.29) is 11.6 Å². The van der Waals surface area contributed by atoms with Gasteiger partial charge in [0.25, 0.3) is 5.91 Å². The summed E-state index contributed by atoms with van der Waals surface area (Å²) in [5.74, 6) is -0.307. The van der Waals surface area contributed by atoms with E-state index in [0.717, 1.165) is 22.6 Å². The van der Waals surface area contributed by atoms with Crippen LogP contribution in [0.2, 0.25) is 0 Å². The van der Waals surface area contributed by atoms with Crippen LogP contribution in [-0.4, -0.2) is 41.3 Å². The summed E-state index contributed by atoms with van der Waals surface area (Å²) >= 11 is 3.26. The number of amides is 1. The van der Waals surface area contributed by atoms with Crippen LogP contribution in [0.15, 0.2) is 82.6 Å². The summed E-state index contributed by atoms with van der Waals surface area (Å²) in [6.45, 7) is -0.427. The highest BCUT2D eigenvalue weighted by Crippen LogP contribution is 2.33. The Morgan fingerprint density at radius 1 is 1.09 bits per heavy atom. The quantitative estimate of drug-likeness (QED) is 0.475. The Hall–Kier alpha value is -3.52. The lowest BCUT2D eigenvalue weighted by atomic mass is 9.98. The van der Waals surface area contributed by atoms with E-state index in [9.17, 15) is 9.59 Å². The zero-order valence-corrected chi connectivity index (χ0v) is 18.9. The minimum atomic E-state index is -0.625. The molecule has 1 atom stereocenters. The number of carbonyl (C=O) groups is 2. The van der Waals surface area contributed by atoms with Gasteiger partial charge in [-0.3, -0.25) is 9.78 Å². The number of esters is 1. The van der Waals surface area contributed by atoms with Crippen LogP contribution >= 0.6 is 15.9 Å². The third-order valence-corrected chi connectivity index (χ3v) is 5.47. The number of benzene rings is 2. The number of hydrogen-bond acceptors (Lipinski definition) is 6. The Kier molecular flexibility index (Phi) is 6.61. The predicted octanol–water partition coefficient (Wildman–Crippen LogP) is 4.39. The van der Waals surface area contributed by atoms with Crippen LogP contribution < -0.4 is 4.74 Å². The van der Waals surface area contributed by atoms with E-state index in [1.165, 1.54) is 11.2 Å². The number of pyridine rings is 1. The molecule has 1 aliphatic heterocycles. The average molecular weight is 494 g/mol. The molecule has 3 aromatic rings. The Bertz CT molecular complexity index is 1150. The predicted molar refractivity (Wildman–Crippen MR) is 122 cm³/mol. The van der Waals surface area contributed by atoms with Gasteiger partial charge >= 0.3 is 5.97 Å². The minimum Gasteiger partial charge on any atom is -0.497 e. The van der Waals surface area contributed by atoms with Crippen LogP contribution in [0.5, 0.6) is 5.75 Å². The van der Waals surface area contributed by atoms with E-state index in [4.69, 9.17) is 9.47 Å². The molecule has 1 aliphatic rings. The fourth-order valence-electron chi connectivity index (χ4n) is 3.43. The van der Waals surface area contributed by atoms with Crippen molar-refractivity contribution < 1.29 is 19.1 Å². The first-order valence-corrected chi connectivity index (χ1v) is 10.7. The number of aromatic nitrogens is 1. The van der Waals surface area contributed by atoms with Crippen LogP contribution in [0.25, 0.3) is 0 Å². The van der Waals surface area contributed by atoms with Gasteiger partial charge in [0.15, 0.2) is 6.61 Å². The molecule has 0 radical (unpaired) electrons. The number of hydrogen-bond donors (Lipinski definition) is 0. The molecule has 0 saturated heterocycles. The van der Waals surface area contributed by atoms with Crippen LogP contribution in [-0.2, 0) is 9.53 Å². The molecule has 1 unspecified atom stereocenters. The summed E-state index contributed by atoms with van der Waals surface area (Å²) < 4.78 is 11.1. The van der Waals surface area contributed by atoms with E-state index in [0.29, 0.717) is 10.9 Å². The van der Waals surface area contributed by atoms with Gasteiger partial charge < -0.3 is 9.47 Å². The third kappa shape index (κ3) is 4.86. The molecule has 0 N–H and O–H groups in total. The van der Waals surface area contributed by atoms with Gasteiger partial charge in [-0.25, -0.2) is 9.80 Å². The molecule has 7 nitrogen and oxygen atoms in total. The Labute approximate surface area is 193 Å². The highest BCUT2D eigenvalue weighted by molar-refractivity contribution is 9.10. The second kappa shape index (κ2) is 9.74. The summed E-state index contributed by atoms with van der Waals surface area (Å²) in [6.07, 6.45) is 3.50. The molecule has 2 heterocycles. The topological polar surface area (TPSA) is 81.1 Å². The number of carbonyl (C=O) groups excluding carboxylic acids is 2. The van der Waals surface area contributed by atoms with Crippen LogP contribution in [0.1, 0.15) is 33.9 Å². The maximum atomic E-state index is 13.0. The minimum absolute atomic E-state index is 0.258. The monoisotopic (exact) mass is 493 g/mol. The van der Waals surface area contributed by atoms with Gasteiger partial charge in [-0.1, -0.05) is 42.5 Å². The van der Waals surface area contributed by atoms with Gasteiger partial charge in [0.05, 0.1) is 24.4 Å². The molecular weight excluding hydrogens is 474 g/mol. The molecule has 0 spiro atoms. The number of ether oxygens (including phenoxy) is 2. The van der Waals surface area contributed by atoms with Crippen LogP contribution in [0.4, 0.5) is 0 Å². The molecule has 1 aromatic heterocycles.